The van der Waals surface area contributed by atoms with Crippen molar-refractivity contribution in [1.29, 1.82) is 0 Å². The molecular formula is C18H16OSi. The first-order valence-corrected chi connectivity index (χ1v) is 9.96. The minimum Gasteiger partial charge on any atom is -0.507 e. The number of hydrogen-bond donors (Lipinski definition) is 1. The van der Waals surface area contributed by atoms with Crippen molar-refractivity contribution in [2.24, 2.45) is 0 Å². The van der Waals surface area contributed by atoms with Crippen LogP contribution in [0.25, 0.3) is 21.9 Å². The predicted molar refractivity (Wildman–Crippen MR) is 87.8 cm³/mol. The van der Waals surface area contributed by atoms with Crippen LogP contribution in [-0.4, -0.2) is 13.2 Å². The van der Waals surface area contributed by atoms with Crippen LogP contribution in [0.4, 0.5) is 0 Å². The maximum atomic E-state index is 10.4. The molecule has 0 saturated heterocycles. The molecule has 0 amide bonds. The molecule has 0 radical (unpaired) electrons. The zero-order valence-corrected chi connectivity index (χ0v) is 12.6. The lowest BCUT2D eigenvalue weighted by Crippen LogP contribution is -2.49. The first-order chi connectivity index (χ1) is 9.60. The normalized spacial score (nSPS) is 15.1. The summed E-state index contributed by atoms with van der Waals surface area (Å²) in [6.45, 7) is 4.73. The fourth-order valence-corrected chi connectivity index (χ4v) is 6.61. The van der Waals surface area contributed by atoms with Crippen molar-refractivity contribution in [3.05, 3.63) is 54.6 Å². The molecule has 3 aromatic carbocycles. The molecule has 0 bridgehead atoms. The van der Waals surface area contributed by atoms with Crippen LogP contribution in [0.15, 0.2) is 54.6 Å². The molecule has 0 spiro atoms. The average Bonchev–Trinajstić information content (AvgIpc) is 2.69. The van der Waals surface area contributed by atoms with Crippen LogP contribution >= 0.6 is 0 Å². The third-order valence-corrected chi connectivity index (χ3v) is 8.09. The number of aromatic hydroxyl groups is 1. The van der Waals surface area contributed by atoms with Crippen LogP contribution in [0.1, 0.15) is 0 Å². The van der Waals surface area contributed by atoms with Crippen molar-refractivity contribution in [1.82, 2.24) is 0 Å². The lowest BCUT2D eigenvalue weighted by atomic mass is 9.98. The van der Waals surface area contributed by atoms with Gasteiger partial charge >= 0.3 is 0 Å². The fourth-order valence-electron chi connectivity index (χ4n) is 3.53. The summed E-state index contributed by atoms with van der Waals surface area (Å²) >= 11 is 0. The van der Waals surface area contributed by atoms with Gasteiger partial charge in [-0.25, -0.2) is 0 Å². The highest BCUT2D eigenvalue weighted by Crippen LogP contribution is 2.37. The Labute approximate surface area is 119 Å². The molecule has 1 aliphatic heterocycles. The third-order valence-electron chi connectivity index (χ3n) is 4.57. The minimum atomic E-state index is -1.69. The molecule has 98 valence electrons. The van der Waals surface area contributed by atoms with Gasteiger partial charge in [0.15, 0.2) is 0 Å². The molecule has 4 rings (SSSR count). The molecule has 0 fully saturated rings. The van der Waals surface area contributed by atoms with E-state index in [2.05, 4.69) is 49.5 Å². The molecule has 1 N–H and O–H groups in total. The van der Waals surface area contributed by atoms with E-state index in [9.17, 15) is 5.11 Å². The summed E-state index contributed by atoms with van der Waals surface area (Å²) in [6.07, 6.45) is 0. The van der Waals surface area contributed by atoms with Gasteiger partial charge in [0.2, 0.25) is 0 Å². The van der Waals surface area contributed by atoms with Gasteiger partial charge in [-0.3, -0.25) is 0 Å². The molecular weight excluding hydrogens is 260 g/mol. The standard InChI is InChI=1S/C18H16OSi/c1-20(2)16-10-6-5-9-14(16)18-13-8-4-3-7-12(13)15(19)11-17(18)20/h3-11,19H,1-2H3. The molecule has 1 heterocycles. The van der Waals surface area contributed by atoms with Crippen molar-refractivity contribution < 1.29 is 5.11 Å². The first kappa shape index (κ1) is 11.7. The number of phenols is 1. The van der Waals surface area contributed by atoms with E-state index in [4.69, 9.17) is 0 Å². The topological polar surface area (TPSA) is 20.2 Å². The second kappa shape index (κ2) is 3.74. The first-order valence-electron chi connectivity index (χ1n) is 6.96. The molecule has 0 atom stereocenters. The third kappa shape index (κ3) is 1.32. The van der Waals surface area contributed by atoms with E-state index in [0.29, 0.717) is 5.75 Å². The summed E-state index contributed by atoms with van der Waals surface area (Å²) in [7, 11) is -1.69. The van der Waals surface area contributed by atoms with Crippen LogP contribution in [0.3, 0.4) is 0 Å². The average molecular weight is 276 g/mol. The SMILES string of the molecule is C[Si]1(C)c2ccccc2-c2c1cc(O)c1ccccc21. The highest BCUT2D eigenvalue weighted by molar-refractivity contribution is 7.04. The highest BCUT2D eigenvalue weighted by atomic mass is 28.3. The van der Waals surface area contributed by atoms with Gasteiger partial charge in [0.05, 0.1) is 0 Å². The van der Waals surface area contributed by atoms with Gasteiger partial charge in [-0.05, 0) is 33.0 Å². The van der Waals surface area contributed by atoms with Gasteiger partial charge in [-0.1, -0.05) is 61.6 Å². The Balaban J connectivity index is 2.25. The molecule has 0 saturated carbocycles. The van der Waals surface area contributed by atoms with E-state index in [-0.39, 0.29) is 0 Å². The van der Waals surface area contributed by atoms with Gasteiger partial charge in [0, 0.05) is 5.39 Å². The molecule has 0 aliphatic carbocycles. The molecule has 0 unspecified atom stereocenters. The second-order valence-corrected chi connectivity index (χ2v) is 10.4. The van der Waals surface area contributed by atoms with Crippen molar-refractivity contribution in [3.63, 3.8) is 0 Å². The van der Waals surface area contributed by atoms with Crippen molar-refractivity contribution >= 4 is 29.2 Å². The zero-order chi connectivity index (χ0) is 13.9. The van der Waals surface area contributed by atoms with Crippen molar-refractivity contribution in [3.8, 4) is 16.9 Å². The quantitative estimate of drug-likeness (QED) is 0.624. The van der Waals surface area contributed by atoms with Gasteiger partial charge in [-0.15, -0.1) is 0 Å². The molecule has 1 nitrogen and oxygen atoms in total. The van der Waals surface area contributed by atoms with Gasteiger partial charge in [0.25, 0.3) is 0 Å². The Bertz CT molecular complexity index is 849. The second-order valence-electron chi connectivity index (χ2n) is 6.03. The van der Waals surface area contributed by atoms with E-state index < -0.39 is 8.07 Å². The molecule has 3 aromatic rings. The lowest BCUT2D eigenvalue weighted by Gasteiger charge is -2.19. The van der Waals surface area contributed by atoms with Gasteiger partial charge in [0.1, 0.15) is 13.8 Å². The van der Waals surface area contributed by atoms with Gasteiger partial charge < -0.3 is 5.11 Å². The number of benzene rings is 3. The number of fused-ring (bicyclic) bond motifs is 5. The predicted octanol–water partition coefficient (Wildman–Crippen LogP) is 3.35. The van der Waals surface area contributed by atoms with E-state index >= 15 is 0 Å². The van der Waals surface area contributed by atoms with E-state index in [0.717, 1.165) is 5.39 Å². The molecule has 1 aliphatic rings. The van der Waals surface area contributed by atoms with Crippen LogP contribution in [0, 0.1) is 0 Å². The lowest BCUT2D eigenvalue weighted by molar-refractivity contribution is 0.482. The number of rotatable bonds is 0. The summed E-state index contributed by atoms with van der Waals surface area (Å²) in [5.74, 6) is 0.410. The minimum absolute atomic E-state index is 0.410. The van der Waals surface area contributed by atoms with Crippen LogP contribution in [0.2, 0.25) is 13.1 Å². The Hall–Kier alpha value is -2.06. The molecule has 20 heavy (non-hydrogen) atoms. The van der Waals surface area contributed by atoms with E-state index in [1.807, 2.05) is 18.2 Å². The molecule has 0 aromatic heterocycles. The summed E-state index contributed by atoms with van der Waals surface area (Å²) in [6, 6.07) is 18.9. The fraction of sp³-hybridized carbons (Fsp3) is 0.111. The highest BCUT2D eigenvalue weighted by Gasteiger charge is 2.38. The Morgan fingerprint density at radius 3 is 2.25 bits per heavy atom. The summed E-state index contributed by atoms with van der Waals surface area (Å²) in [5, 5.41) is 15.3. The van der Waals surface area contributed by atoms with E-state index in [1.165, 1.54) is 26.9 Å². The summed E-state index contributed by atoms with van der Waals surface area (Å²) in [5.41, 5.74) is 2.70. The number of phenolic OH excluding ortho intramolecular Hbond substituents is 1. The maximum Gasteiger partial charge on any atom is 0.123 e. The van der Waals surface area contributed by atoms with Gasteiger partial charge in [-0.2, -0.15) is 0 Å². The zero-order valence-electron chi connectivity index (χ0n) is 11.6. The largest absolute Gasteiger partial charge is 0.507 e. The smallest absolute Gasteiger partial charge is 0.123 e. The van der Waals surface area contributed by atoms with Crippen LogP contribution in [-0.2, 0) is 0 Å². The number of hydrogen-bond acceptors (Lipinski definition) is 1. The Kier molecular flexibility index (Phi) is 2.19. The van der Waals surface area contributed by atoms with Crippen molar-refractivity contribution in [2.75, 3.05) is 0 Å². The van der Waals surface area contributed by atoms with Crippen molar-refractivity contribution in [2.45, 2.75) is 13.1 Å². The monoisotopic (exact) mass is 276 g/mol. The van der Waals surface area contributed by atoms with Crippen LogP contribution < -0.4 is 10.4 Å². The summed E-state index contributed by atoms with van der Waals surface area (Å²) < 4.78 is 0. The maximum absolute atomic E-state index is 10.4. The molecule has 2 heteroatoms. The van der Waals surface area contributed by atoms with Crippen LogP contribution in [0.5, 0.6) is 5.75 Å². The summed E-state index contributed by atoms with van der Waals surface area (Å²) in [4.78, 5) is 0. The Morgan fingerprint density at radius 1 is 0.800 bits per heavy atom. The Morgan fingerprint density at radius 2 is 1.45 bits per heavy atom. The van der Waals surface area contributed by atoms with E-state index in [1.54, 1.807) is 0 Å².